The Labute approximate surface area is 136 Å². The van der Waals surface area contributed by atoms with Gasteiger partial charge in [-0.1, -0.05) is 0 Å². The molecule has 128 valence electrons. The number of amides is 6. The number of fused-ring (bicyclic) bond motifs is 1. The Balaban J connectivity index is 1.87. The molecule has 1 aliphatic carbocycles. The molecular formula is C14H16N4O6. The minimum absolute atomic E-state index is 0.0443. The third-order valence-corrected chi connectivity index (χ3v) is 6.19. The largest absolute Gasteiger partial charge is 0.461 e. The lowest BCUT2D eigenvalue weighted by Crippen LogP contribution is -2.90. The Bertz CT molecular complexity index is 655. The van der Waals surface area contributed by atoms with Gasteiger partial charge in [-0.3, -0.25) is 25.0 Å². The summed E-state index contributed by atoms with van der Waals surface area (Å²) in [6, 6.07) is -2.49. The summed E-state index contributed by atoms with van der Waals surface area (Å²) in [7, 11) is 0. The van der Waals surface area contributed by atoms with Gasteiger partial charge in [-0.05, 0) is 13.8 Å². The second-order valence-corrected chi connectivity index (χ2v) is 6.97. The maximum absolute atomic E-state index is 12.5. The first-order valence-electron chi connectivity index (χ1n) is 7.60. The number of rotatable bonds is 2. The van der Waals surface area contributed by atoms with Crippen LogP contribution in [-0.2, 0) is 19.1 Å². The van der Waals surface area contributed by atoms with Crippen LogP contribution in [0.3, 0.4) is 0 Å². The van der Waals surface area contributed by atoms with E-state index in [0.29, 0.717) is 0 Å². The van der Waals surface area contributed by atoms with E-state index in [1.807, 2.05) is 0 Å². The van der Waals surface area contributed by atoms with Gasteiger partial charge in [0.1, 0.15) is 6.10 Å². The highest BCUT2D eigenvalue weighted by molar-refractivity contribution is 6.10. The van der Waals surface area contributed by atoms with Crippen LogP contribution in [0.25, 0.3) is 0 Å². The molecule has 1 saturated carbocycles. The molecule has 0 aromatic heterocycles. The van der Waals surface area contributed by atoms with E-state index in [4.69, 9.17) is 4.74 Å². The number of carbonyl (C=O) groups excluding carboxylic acids is 5. The number of nitrogens with zero attached hydrogens (tertiary/aromatic N) is 2. The van der Waals surface area contributed by atoms with Crippen LogP contribution in [0, 0.1) is 10.8 Å². The molecule has 3 saturated heterocycles. The summed E-state index contributed by atoms with van der Waals surface area (Å²) in [5.41, 5.74) is -2.35. The third kappa shape index (κ3) is 1.35. The van der Waals surface area contributed by atoms with Crippen LogP contribution in [0.1, 0.15) is 13.8 Å². The molecule has 3 aliphatic heterocycles. The number of nitrogens with one attached hydrogen (secondary N) is 2. The van der Waals surface area contributed by atoms with E-state index in [1.54, 1.807) is 13.8 Å². The van der Waals surface area contributed by atoms with Crippen LogP contribution >= 0.6 is 0 Å². The second kappa shape index (κ2) is 4.25. The van der Waals surface area contributed by atoms with E-state index in [2.05, 4.69) is 10.6 Å². The molecule has 4 aliphatic rings. The average Bonchev–Trinajstić information content (AvgIpc) is 2.69. The molecule has 4 fully saturated rings. The van der Waals surface area contributed by atoms with Crippen LogP contribution in [0.15, 0.2) is 0 Å². The molecule has 4 atom stereocenters. The van der Waals surface area contributed by atoms with Crippen molar-refractivity contribution in [1.82, 2.24) is 20.4 Å². The van der Waals surface area contributed by atoms with E-state index in [0.717, 1.165) is 0 Å². The fraction of sp³-hybridized carbons (Fsp3) is 0.643. The van der Waals surface area contributed by atoms with Crippen molar-refractivity contribution in [2.24, 2.45) is 10.8 Å². The standard InChI is InChI=1S/C14H16N4O6/c1-13-7-8-14(13,2)10(21)16-12(23)18(8)4-6(24-5-19)3-17(7)11(22)15-9(13)20/h5-8H,3-4H2,1-2H3,(H,15,20,22)(H,16,21,23). The van der Waals surface area contributed by atoms with Crippen molar-refractivity contribution < 1.29 is 28.7 Å². The van der Waals surface area contributed by atoms with E-state index in [1.165, 1.54) is 9.80 Å². The predicted molar refractivity (Wildman–Crippen MR) is 75.2 cm³/mol. The first-order valence-corrected chi connectivity index (χ1v) is 7.60. The van der Waals surface area contributed by atoms with Gasteiger partial charge in [0.15, 0.2) is 0 Å². The first-order chi connectivity index (χ1) is 11.3. The number of ether oxygens (including phenoxy) is 1. The zero-order chi connectivity index (χ0) is 17.4. The summed E-state index contributed by atoms with van der Waals surface area (Å²) < 4.78 is 4.99. The molecule has 24 heavy (non-hydrogen) atoms. The fourth-order valence-electron chi connectivity index (χ4n) is 4.76. The Morgan fingerprint density at radius 1 is 0.958 bits per heavy atom. The smallest absolute Gasteiger partial charge is 0.324 e. The number of hydrogen-bond donors (Lipinski definition) is 2. The zero-order valence-corrected chi connectivity index (χ0v) is 13.1. The molecule has 0 bridgehead atoms. The Hall–Kier alpha value is -2.65. The molecule has 6 amide bonds. The highest BCUT2D eigenvalue weighted by Gasteiger charge is 2.81. The van der Waals surface area contributed by atoms with Gasteiger partial charge >= 0.3 is 12.1 Å². The monoisotopic (exact) mass is 336 g/mol. The molecule has 2 N–H and O–H groups in total. The summed E-state index contributed by atoms with van der Waals surface area (Å²) >= 11 is 0. The molecule has 4 rings (SSSR count). The van der Waals surface area contributed by atoms with Crippen LogP contribution in [0.5, 0.6) is 0 Å². The van der Waals surface area contributed by atoms with E-state index < -0.39 is 52.9 Å². The fourth-order valence-corrected chi connectivity index (χ4v) is 4.76. The number of imide groups is 2. The van der Waals surface area contributed by atoms with Gasteiger partial charge in [0.2, 0.25) is 11.8 Å². The zero-order valence-electron chi connectivity index (χ0n) is 13.1. The number of urea groups is 2. The minimum Gasteiger partial charge on any atom is -0.461 e. The van der Waals surface area contributed by atoms with Gasteiger partial charge in [0.25, 0.3) is 6.47 Å². The summed E-state index contributed by atoms with van der Waals surface area (Å²) in [5, 5.41) is 4.56. The average molecular weight is 336 g/mol. The molecule has 10 nitrogen and oxygen atoms in total. The van der Waals surface area contributed by atoms with Gasteiger partial charge < -0.3 is 14.5 Å². The quantitative estimate of drug-likeness (QED) is 0.586. The van der Waals surface area contributed by atoms with Crippen LogP contribution in [-0.4, -0.2) is 71.4 Å². The van der Waals surface area contributed by atoms with Crippen molar-refractivity contribution in [1.29, 1.82) is 0 Å². The highest BCUT2D eigenvalue weighted by atomic mass is 16.5. The van der Waals surface area contributed by atoms with E-state index >= 15 is 0 Å². The Morgan fingerprint density at radius 3 is 1.75 bits per heavy atom. The summed E-state index contributed by atoms with van der Waals surface area (Å²) in [6.07, 6.45) is -0.737. The van der Waals surface area contributed by atoms with Crippen LogP contribution < -0.4 is 10.6 Å². The van der Waals surface area contributed by atoms with E-state index in [-0.39, 0.29) is 19.6 Å². The van der Waals surface area contributed by atoms with Crippen LogP contribution in [0.4, 0.5) is 9.59 Å². The van der Waals surface area contributed by atoms with E-state index in [9.17, 15) is 24.0 Å². The maximum Gasteiger partial charge on any atom is 0.324 e. The molecule has 0 radical (unpaired) electrons. The number of hydrogen-bond acceptors (Lipinski definition) is 6. The van der Waals surface area contributed by atoms with Crippen molar-refractivity contribution in [3.63, 3.8) is 0 Å². The van der Waals surface area contributed by atoms with Gasteiger partial charge in [0.05, 0.1) is 36.0 Å². The normalized spacial score (nSPS) is 43.2. The molecular weight excluding hydrogens is 320 g/mol. The summed E-state index contributed by atoms with van der Waals surface area (Å²) in [6.45, 7) is 3.59. The minimum atomic E-state index is -1.18. The maximum atomic E-state index is 12.5. The molecule has 0 aromatic carbocycles. The van der Waals surface area contributed by atoms with Crippen molar-refractivity contribution in [3.8, 4) is 0 Å². The summed E-state index contributed by atoms with van der Waals surface area (Å²) in [5.74, 6) is -1.07. The topological polar surface area (TPSA) is 125 Å². The summed E-state index contributed by atoms with van der Waals surface area (Å²) in [4.78, 5) is 63.2. The molecule has 10 heteroatoms. The Morgan fingerprint density at radius 2 is 1.38 bits per heavy atom. The van der Waals surface area contributed by atoms with Crippen molar-refractivity contribution in [3.05, 3.63) is 0 Å². The lowest BCUT2D eigenvalue weighted by molar-refractivity contribution is -0.209. The first kappa shape index (κ1) is 14.9. The van der Waals surface area contributed by atoms with Gasteiger partial charge in [-0.25, -0.2) is 9.59 Å². The van der Waals surface area contributed by atoms with Gasteiger partial charge in [0, 0.05) is 0 Å². The third-order valence-electron chi connectivity index (χ3n) is 6.19. The lowest BCUT2D eigenvalue weighted by Gasteiger charge is -2.70. The molecule has 3 heterocycles. The van der Waals surface area contributed by atoms with Crippen LogP contribution in [0.2, 0.25) is 0 Å². The SMILES string of the molecule is CC12C(=O)NC(=O)N3CC(OC=O)CN4C(=O)NC(=O)C1(C)C4C32. The van der Waals surface area contributed by atoms with Gasteiger partial charge in [-0.15, -0.1) is 0 Å². The lowest BCUT2D eigenvalue weighted by atomic mass is 9.42. The van der Waals surface area contributed by atoms with Crippen molar-refractivity contribution >= 4 is 30.3 Å². The second-order valence-electron chi connectivity index (χ2n) is 6.97. The van der Waals surface area contributed by atoms with Crippen molar-refractivity contribution in [2.75, 3.05) is 13.1 Å². The highest BCUT2D eigenvalue weighted by Crippen LogP contribution is 2.63. The van der Waals surface area contributed by atoms with Crippen molar-refractivity contribution in [2.45, 2.75) is 32.0 Å². The van der Waals surface area contributed by atoms with Gasteiger partial charge in [-0.2, -0.15) is 0 Å². The molecule has 0 aromatic rings. The molecule has 4 unspecified atom stereocenters. The number of carbonyl (C=O) groups is 5. The predicted octanol–water partition coefficient (Wildman–Crippen LogP) is -1.59. The Kier molecular flexibility index (Phi) is 2.64. The molecule has 0 spiro atoms.